The molecular formula is C14H24N2O2. The summed E-state index contributed by atoms with van der Waals surface area (Å²) < 4.78 is 5.37. The maximum Gasteiger partial charge on any atom is 0.236 e. The van der Waals surface area contributed by atoms with E-state index in [-0.39, 0.29) is 18.0 Å². The summed E-state index contributed by atoms with van der Waals surface area (Å²) in [5, 5.41) is 6.21. The predicted octanol–water partition coefficient (Wildman–Crippen LogP) is 2.48. The molecule has 2 atom stereocenters. The van der Waals surface area contributed by atoms with E-state index < -0.39 is 0 Å². The third-order valence-corrected chi connectivity index (χ3v) is 2.82. The molecule has 1 aromatic rings. The molecule has 1 rings (SSSR count). The zero-order chi connectivity index (χ0) is 13.5. The Bertz CT molecular complexity index is 347. The molecule has 0 aliphatic carbocycles. The van der Waals surface area contributed by atoms with Gasteiger partial charge < -0.3 is 9.73 Å². The summed E-state index contributed by atoms with van der Waals surface area (Å²) in [5.41, 5.74) is 0. The minimum atomic E-state index is -0.223. The molecule has 0 saturated heterocycles. The van der Waals surface area contributed by atoms with Gasteiger partial charge in [-0.05, 0) is 31.4 Å². The van der Waals surface area contributed by atoms with E-state index in [9.17, 15) is 4.79 Å². The Labute approximate surface area is 109 Å². The standard InChI is InChI=1S/C14H24N2O2/c1-5-12(13-7-6-8-18-13)16-11(4)14(17)15-9-10(2)3/h6-8,10-12,16H,5,9H2,1-4H3,(H,15,17). The van der Waals surface area contributed by atoms with Crippen molar-refractivity contribution >= 4 is 5.91 Å². The Kier molecular flexibility index (Phi) is 5.92. The van der Waals surface area contributed by atoms with Crippen LogP contribution in [0.3, 0.4) is 0 Å². The fourth-order valence-corrected chi connectivity index (χ4v) is 1.73. The molecule has 2 unspecified atom stereocenters. The molecule has 0 aliphatic heterocycles. The van der Waals surface area contributed by atoms with Gasteiger partial charge in [-0.15, -0.1) is 0 Å². The van der Waals surface area contributed by atoms with Crippen LogP contribution in [0.25, 0.3) is 0 Å². The van der Waals surface area contributed by atoms with Crippen LogP contribution >= 0.6 is 0 Å². The van der Waals surface area contributed by atoms with Crippen LogP contribution in [-0.2, 0) is 4.79 Å². The van der Waals surface area contributed by atoms with E-state index in [4.69, 9.17) is 4.42 Å². The molecular weight excluding hydrogens is 228 g/mol. The fraction of sp³-hybridized carbons (Fsp3) is 0.643. The van der Waals surface area contributed by atoms with Crippen molar-refractivity contribution in [3.8, 4) is 0 Å². The van der Waals surface area contributed by atoms with Crippen molar-refractivity contribution in [2.75, 3.05) is 6.54 Å². The monoisotopic (exact) mass is 252 g/mol. The van der Waals surface area contributed by atoms with E-state index in [1.54, 1.807) is 6.26 Å². The first kappa shape index (κ1) is 14.8. The van der Waals surface area contributed by atoms with E-state index in [2.05, 4.69) is 31.4 Å². The van der Waals surface area contributed by atoms with Crippen LogP contribution in [0.2, 0.25) is 0 Å². The number of furan rings is 1. The maximum absolute atomic E-state index is 11.9. The van der Waals surface area contributed by atoms with Crippen LogP contribution in [-0.4, -0.2) is 18.5 Å². The van der Waals surface area contributed by atoms with Gasteiger partial charge in [-0.1, -0.05) is 20.8 Å². The Hall–Kier alpha value is -1.29. The number of carbonyl (C=O) groups is 1. The van der Waals surface area contributed by atoms with Crippen molar-refractivity contribution < 1.29 is 9.21 Å². The van der Waals surface area contributed by atoms with Gasteiger partial charge in [0.15, 0.2) is 0 Å². The smallest absolute Gasteiger partial charge is 0.236 e. The highest BCUT2D eigenvalue weighted by Gasteiger charge is 2.19. The average molecular weight is 252 g/mol. The lowest BCUT2D eigenvalue weighted by Gasteiger charge is -2.20. The second kappa shape index (κ2) is 7.21. The molecule has 0 aromatic carbocycles. The van der Waals surface area contributed by atoms with Crippen molar-refractivity contribution in [2.24, 2.45) is 5.92 Å². The minimum Gasteiger partial charge on any atom is -0.468 e. The zero-order valence-corrected chi connectivity index (χ0v) is 11.7. The normalized spacial score (nSPS) is 14.5. The maximum atomic E-state index is 11.9. The van der Waals surface area contributed by atoms with Gasteiger partial charge in [-0.25, -0.2) is 0 Å². The topological polar surface area (TPSA) is 54.3 Å². The van der Waals surface area contributed by atoms with Gasteiger partial charge in [0, 0.05) is 6.54 Å². The van der Waals surface area contributed by atoms with E-state index in [1.165, 1.54) is 0 Å². The van der Waals surface area contributed by atoms with Gasteiger partial charge >= 0.3 is 0 Å². The number of hydrogen-bond acceptors (Lipinski definition) is 3. The summed E-state index contributed by atoms with van der Waals surface area (Å²) in [6.45, 7) is 8.81. The molecule has 0 saturated carbocycles. The van der Waals surface area contributed by atoms with E-state index in [0.717, 1.165) is 12.2 Å². The molecule has 0 aliphatic rings. The Morgan fingerprint density at radius 1 is 1.39 bits per heavy atom. The molecule has 4 heteroatoms. The largest absolute Gasteiger partial charge is 0.468 e. The highest BCUT2D eigenvalue weighted by atomic mass is 16.3. The summed E-state index contributed by atoms with van der Waals surface area (Å²) in [4.78, 5) is 11.9. The molecule has 2 N–H and O–H groups in total. The first-order valence-corrected chi connectivity index (χ1v) is 6.61. The van der Waals surface area contributed by atoms with Crippen LogP contribution < -0.4 is 10.6 Å². The number of nitrogens with one attached hydrogen (secondary N) is 2. The Morgan fingerprint density at radius 3 is 2.61 bits per heavy atom. The van der Waals surface area contributed by atoms with Gasteiger partial charge in [-0.2, -0.15) is 0 Å². The first-order valence-electron chi connectivity index (χ1n) is 6.61. The molecule has 0 fully saturated rings. The summed E-state index contributed by atoms with van der Waals surface area (Å²) in [7, 11) is 0. The van der Waals surface area contributed by atoms with Gasteiger partial charge in [0.05, 0.1) is 18.3 Å². The lowest BCUT2D eigenvalue weighted by atomic mass is 10.1. The molecule has 1 amide bonds. The summed E-state index contributed by atoms with van der Waals surface area (Å²) >= 11 is 0. The quantitative estimate of drug-likeness (QED) is 0.784. The van der Waals surface area contributed by atoms with Gasteiger partial charge in [-0.3, -0.25) is 10.1 Å². The second-order valence-electron chi connectivity index (χ2n) is 5.00. The van der Waals surface area contributed by atoms with Crippen LogP contribution in [0.5, 0.6) is 0 Å². The van der Waals surface area contributed by atoms with Crippen molar-refractivity contribution in [1.29, 1.82) is 0 Å². The molecule has 1 heterocycles. The molecule has 1 aromatic heterocycles. The second-order valence-corrected chi connectivity index (χ2v) is 5.00. The predicted molar refractivity (Wildman–Crippen MR) is 72.2 cm³/mol. The number of amides is 1. The van der Waals surface area contributed by atoms with Crippen molar-refractivity contribution in [3.63, 3.8) is 0 Å². The van der Waals surface area contributed by atoms with Gasteiger partial charge in [0.2, 0.25) is 5.91 Å². The first-order chi connectivity index (χ1) is 8.54. The minimum absolute atomic E-state index is 0.0358. The number of hydrogen-bond donors (Lipinski definition) is 2. The molecule has 102 valence electrons. The van der Waals surface area contributed by atoms with Crippen LogP contribution in [0.1, 0.15) is 45.9 Å². The molecule has 0 radical (unpaired) electrons. The fourth-order valence-electron chi connectivity index (χ4n) is 1.73. The van der Waals surface area contributed by atoms with Gasteiger partial charge in [0.25, 0.3) is 0 Å². The SMILES string of the molecule is CCC(NC(C)C(=O)NCC(C)C)c1ccco1. The third kappa shape index (κ3) is 4.53. The van der Waals surface area contributed by atoms with Crippen molar-refractivity contribution in [1.82, 2.24) is 10.6 Å². The molecule has 18 heavy (non-hydrogen) atoms. The van der Waals surface area contributed by atoms with Crippen molar-refractivity contribution in [3.05, 3.63) is 24.2 Å². The van der Waals surface area contributed by atoms with Crippen LogP contribution in [0.15, 0.2) is 22.8 Å². The summed E-state index contributed by atoms with van der Waals surface area (Å²) in [6, 6.07) is 3.65. The van der Waals surface area contributed by atoms with E-state index >= 15 is 0 Å². The molecule has 4 nitrogen and oxygen atoms in total. The average Bonchev–Trinajstić information content (AvgIpc) is 2.86. The zero-order valence-electron chi connectivity index (χ0n) is 11.7. The third-order valence-electron chi connectivity index (χ3n) is 2.82. The van der Waals surface area contributed by atoms with Gasteiger partial charge in [0.1, 0.15) is 5.76 Å². The van der Waals surface area contributed by atoms with E-state index in [1.807, 2.05) is 19.1 Å². The number of rotatable bonds is 7. The highest BCUT2D eigenvalue weighted by molar-refractivity contribution is 5.81. The molecule has 0 bridgehead atoms. The highest BCUT2D eigenvalue weighted by Crippen LogP contribution is 2.17. The Balaban J connectivity index is 2.47. The van der Waals surface area contributed by atoms with Crippen LogP contribution in [0, 0.1) is 5.92 Å². The Morgan fingerprint density at radius 2 is 2.11 bits per heavy atom. The lowest BCUT2D eigenvalue weighted by Crippen LogP contribution is -2.44. The van der Waals surface area contributed by atoms with E-state index in [0.29, 0.717) is 12.5 Å². The van der Waals surface area contributed by atoms with Crippen molar-refractivity contribution in [2.45, 2.75) is 46.2 Å². The van der Waals surface area contributed by atoms with Crippen LogP contribution in [0.4, 0.5) is 0 Å². The summed E-state index contributed by atoms with van der Waals surface area (Å²) in [6.07, 6.45) is 2.54. The molecule has 0 spiro atoms. The lowest BCUT2D eigenvalue weighted by molar-refractivity contribution is -0.123. The summed E-state index contributed by atoms with van der Waals surface area (Å²) in [5.74, 6) is 1.38. The number of carbonyl (C=O) groups excluding carboxylic acids is 1.